The van der Waals surface area contributed by atoms with Crippen molar-refractivity contribution < 1.29 is 14.6 Å². The van der Waals surface area contributed by atoms with Crippen molar-refractivity contribution in [2.45, 2.75) is 6.92 Å². The third kappa shape index (κ3) is 3.73. The van der Waals surface area contributed by atoms with E-state index in [1.165, 1.54) is 25.0 Å². The van der Waals surface area contributed by atoms with Crippen LogP contribution in [-0.4, -0.2) is 35.1 Å². The number of fused-ring (bicyclic) bond motifs is 1. The number of aromatic nitrogens is 2. The van der Waals surface area contributed by atoms with Gasteiger partial charge in [-0.1, -0.05) is 24.3 Å². The van der Waals surface area contributed by atoms with E-state index in [1.54, 1.807) is 48.7 Å². The average molecular weight is 415 g/mol. The van der Waals surface area contributed by atoms with Crippen molar-refractivity contribution in [2.24, 2.45) is 4.99 Å². The molecule has 4 aromatic rings. The van der Waals surface area contributed by atoms with Gasteiger partial charge in [0.05, 0.1) is 25.5 Å². The number of nitrogens with zero attached hydrogens (tertiary/aromatic N) is 3. The summed E-state index contributed by atoms with van der Waals surface area (Å²) in [6.07, 6.45) is 3.24. The second kappa shape index (κ2) is 8.31. The minimum atomic E-state index is -0.356. The first kappa shape index (κ1) is 20.2. The van der Waals surface area contributed by atoms with E-state index in [-0.39, 0.29) is 11.4 Å². The van der Waals surface area contributed by atoms with Gasteiger partial charge in [0.25, 0.3) is 5.56 Å². The standard InChI is InChI=1S/C24H21N3O4/c1-15-8-11-22(25-13-15)26-14-19-17-6-4-5-7-18(17)23(28)27(24(19)29)16-9-10-20(30-2)21(12-16)31-3/h4-14,29H,1-3H3. The summed E-state index contributed by atoms with van der Waals surface area (Å²) in [5.41, 5.74) is 1.52. The molecule has 0 bridgehead atoms. The lowest BCUT2D eigenvalue weighted by atomic mass is 10.1. The van der Waals surface area contributed by atoms with E-state index < -0.39 is 0 Å². The molecule has 2 aromatic carbocycles. The fourth-order valence-corrected chi connectivity index (χ4v) is 3.36. The quantitative estimate of drug-likeness (QED) is 0.495. The lowest BCUT2D eigenvalue weighted by Gasteiger charge is -2.15. The van der Waals surface area contributed by atoms with Crippen molar-refractivity contribution in [1.29, 1.82) is 0 Å². The molecular weight excluding hydrogens is 394 g/mol. The van der Waals surface area contributed by atoms with Crippen molar-refractivity contribution in [1.82, 2.24) is 9.55 Å². The molecule has 0 amide bonds. The highest BCUT2D eigenvalue weighted by Crippen LogP contribution is 2.32. The zero-order valence-corrected chi connectivity index (χ0v) is 17.4. The molecule has 0 atom stereocenters. The minimum Gasteiger partial charge on any atom is -0.494 e. The van der Waals surface area contributed by atoms with E-state index in [9.17, 15) is 9.90 Å². The van der Waals surface area contributed by atoms with Crippen molar-refractivity contribution >= 4 is 22.8 Å². The van der Waals surface area contributed by atoms with Crippen LogP contribution in [0.2, 0.25) is 0 Å². The van der Waals surface area contributed by atoms with E-state index >= 15 is 0 Å². The van der Waals surface area contributed by atoms with Crippen molar-refractivity contribution in [2.75, 3.05) is 14.2 Å². The van der Waals surface area contributed by atoms with Crippen molar-refractivity contribution in [3.63, 3.8) is 0 Å². The number of pyridine rings is 2. The van der Waals surface area contributed by atoms with Gasteiger partial charge in [-0.3, -0.25) is 4.79 Å². The highest BCUT2D eigenvalue weighted by atomic mass is 16.5. The molecule has 2 aromatic heterocycles. The number of aromatic hydroxyl groups is 1. The third-order valence-corrected chi connectivity index (χ3v) is 4.95. The Labute approximate surface area is 178 Å². The number of methoxy groups -OCH3 is 2. The van der Waals surface area contributed by atoms with Crippen LogP contribution in [0.5, 0.6) is 17.4 Å². The van der Waals surface area contributed by atoms with Crippen LogP contribution >= 0.6 is 0 Å². The van der Waals surface area contributed by atoms with E-state index in [0.29, 0.717) is 39.3 Å². The second-order valence-electron chi connectivity index (χ2n) is 6.91. The maximum absolute atomic E-state index is 13.2. The summed E-state index contributed by atoms with van der Waals surface area (Å²) in [6, 6.07) is 15.8. The van der Waals surface area contributed by atoms with Crippen LogP contribution in [0.25, 0.3) is 16.5 Å². The van der Waals surface area contributed by atoms with E-state index in [2.05, 4.69) is 9.98 Å². The zero-order chi connectivity index (χ0) is 22.0. The molecule has 1 N–H and O–H groups in total. The third-order valence-electron chi connectivity index (χ3n) is 4.95. The molecule has 31 heavy (non-hydrogen) atoms. The van der Waals surface area contributed by atoms with Crippen LogP contribution in [0.4, 0.5) is 5.82 Å². The molecule has 7 nitrogen and oxygen atoms in total. The van der Waals surface area contributed by atoms with Crippen LogP contribution in [0, 0.1) is 6.92 Å². The molecule has 0 unspecified atom stereocenters. The van der Waals surface area contributed by atoms with Crippen LogP contribution in [-0.2, 0) is 0 Å². The Balaban J connectivity index is 1.95. The Bertz CT molecular complexity index is 1340. The molecule has 0 saturated carbocycles. The highest BCUT2D eigenvalue weighted by molar-refractivity contribution is 6.02. The topological polar surface area (TPSA) is 85.9 Å². The van der Waals surface area contributed by atoms with Gasteiger partial charge in [0, 0.05) is 29.3 Å². The molecule has 0 aliphatic carbocycles. The summed E-state index contributed by atoms with van der Waals surface area (Å²) in [5.74, 6) is 1.23. The fraction of sp³-hybridized carbons (Fsp3) is 0.125. The SMILES string of the molecule is COc1ccc(-n2c(O)c(C=Nc3ccc(C)cn3)c3ccccc3c2=O)cc1OC. The molecule has 0 spiro atoms. The molecule has 0 fully saturated rings. The van der Waals surface area contributed by atoms with Gasteiger partial charge in [0.2, 0.25) is 5.88 Å². The maximum Gasteiger partial charge on any atom is 0.265 e. The molecular formula is C24H21N3O4. The summed E-state index contributed by atoms with van der Waals surface area (Å²) in [5, 5.41) is 12.2. The largest absolute Gasteiger partial charge is 0.494 e. The molecule has 0 aliphatic heterocycles. The Kier molecular flexibility index (Phi) is 5.41. The number of aliphatic imine (C=N–C) groups is 1. The van der Waals surface area contributed by atoms with Gasteiger partial charge in [-0.15, -0.1) is 0 Å². The number of aryl methyl sites for hydroxylation is 1. The summed E-state index contributed by atoms with van der Waals surface area (Å²) >= 11 is 0. The summed E-state index contributed by atoms with van der Waals surface area (Å²) in [6.45, 7) is 1.94. The molecule has 156 valence electrons. The maximum atomic E-state index is 13.2. The number of hydrogen-bond donors (Lipinski definition) is 1. The fourth-order valence-electron chi connectivity index (χ4n) is 3.36. The lowest BCUT2D eigenvalue weighted by Crippen LogP contribution is -2.20. The molecule has 0 radical (unpaired) electrons. The Morgan fingerprint density at radius 3 is 2.42 bits per heavy atom. The number of ether oxygens (including phenoxy) is 2. The smallest absolute Gasteiger partial charge is 0.265 e. The molecule has 0 saturated heterocycles. The van der Waals surface area contributed by atoms with E-state index in [1.807, 2.05) is 19.1 Å². The van der Waals surface area contributed by atoms with Crippen LogP contribution in [0.3, 0.4) is 0 Å². The average Bonchev–Trinajstić information content (AvgIpc) is 2.80. The van der Waals surface area contributed by atoms with E-state index in [4.69, 9.17) is 9.47 Å². The molecule has 2 heterocycles. The Hall–Kier alpha value is -4.13. The number of rotatable bonds is 5. The summed E-state index contributed by atoms with van der Waals surface area (Å²) in [4.78, 5) is 21.9. The Morgan fingerprint density at radius 2 is 1.74 bits per heavy atom. The summed E-state index contributed by atoms with van der Waals surface area (Å²) < 4.78 is 11.9. The van der Waals surface area contributed by atoms with Gasteiger partial charge in [0.1, 0.15) is 0 Å². The first-order chi connectivity index (χ1) is 15.0. The monoisotopic (exact) mass is 415 g/mol. The van der Waals surface area contributed by atoms with Crippen LogP contribution in [0.1, 0.15) is 11.1 Å². The zero-order valence-electron chi connectivity index (χ0n) is 17.4. The predicted molar refractivity (Wildman–Crippen MR) is 121 cm³/mol. The first-order valence-electron chi connectivity index (χ1n) is 9.59. The number of hydrogen-bond acceptors (Lipinski definition) is 6. The van der Waals surface area contributed by atoms with Gasteiger partial charge in [-0.05, 0) is 36.8 Å². The van der Waals surface area contributed by atoms with Crippen molar-refractivity contribution in [3.8, 4) is 23.1 Å². The molecule has 4 rings (SSSR count). The van der Waals surface area contributed by atoms with Gasteiger partial charge < -0.3 is 14.6 Å². The van der Waals surface area contributed by atoms with Crippen LogP contribution in [0.15, 0.2) is 70.6 Å². The number of benzene rings is 2. The second-order valence-corrected chi connectivity index (χ2v) is 6.91. The van der Waals surface area contributed by atoms with E-state index in [0.717, 1.165) is 5.56 Å². The van der Waals surface area contributed by atoms with Gasteiger partial charge in [0.15, 0.2) is 17.3 Å². The minimum absolute atomic E-state index is 0.230. The Morgan fingerprint density at radius 1 is 1.00 bits per heavy atom. The summed E-state index contributed by atoms with van der Waals surface area (Å²) in [7, 11) is 3.04. The highest BCUT2D eigenvalue weighted by Gasteiger charge is 2.17. The van der Waals surface area contributed by atoms with Crippen LogP contribution < -0.4 is 15.0 Å². The van der Waals surface area contributed by atoms with Gasteiger partial charge in [-0.25, -0.2) is 14.5 Å². The van der Waals surface area contributed by atoms with Crippen molar-refractivity contribution in [3.05, 3.63) is 82.3 Å². The normalized spacial score (nSPS) is 11.2. The molecule has 7 heteroatoms. The van der Waals surface area contributed by atoms with Gasteiger partial charge >= 0.3 is 0 Å². The molecule has 0 aliphatic rings. The van der Waals surface area contributed by atoms with Gasteiger partial charge in [-0.2, -0.15) is 0 Å². The first-order valence-corrected chi connectivity index (χ1v) is 9.59. The predicted octanol–water partition coefficient (Wildman–Crippen LogP) is 4.17. The lowest BCUT2D eigenvalue weighted by molar-refractivity contribution is 0.354.